The summed E-state index contributed by atoms with van der Waals surface area (Å²) < 4.78 is 16.0. The van der Waals surface area contributed by atoms with Crippen LogP contribution in [0.2, 0.25) is 0 Å². The van der Waals surface area contributed by atoms with Crippen LogP contribution in [0.25, 0.3) is 10.8 Å². The number of hydrogen-bond donors (Lipinski definition) is 0. The topological polar surface area (TPSA) is 42.3 Å². The molecule has 0 amide bonds. The summed E-state index contributed by atoms with van der Waals surface area (Å²) in [5.41, 5.74) is 1.51. The molecule has 0 N–H and O–H groups in total. The Morgan fingerprint density at radius 1 is 1.21 bits per heavy atom. The second kappa shape index (κ2) is 5.21. The average molecular weight is 274 g/mol. The molecular weight excluding hydrogens is 256 g/mol. The quantitative estimate of drug-likeness (QED) is 0.786. The van der Waals surface area contributed by atoms with Crippen LogP contribution in [0.1, 0.15) is 33.4 Å². The molecule has 100 valence electrons. The molecule has 3 nitrogen and oxygen atoms in total. The van der Waals surface area contributed by atoms with Gasteiger partial charge in [-0.15, -0.1) is 0 Å². The average Bonchev–Trinajstić information content (AvgIpc) is 2.36. The lowest BCUT2D eigenvalue weighted by Crippen LogP contribution is -2.20. The van der Waals surface area contributed by atoms with Gasteiger partial charge in [-0.05, 0) is 39.1 Å². The van der Waals surface area contributed by atoms with Crippen LogP contribution < -0.4 is 0 Å². The van der Waals surface area contributed by atoms with E-state index in [9.17, 15) is 4.21 Å². The largest absolute Gasteiger partial charge is 0.254 e. The number of benzene rings is 1. The van der Waals surface area contributed by atoms with Gasteiger partial charge < -0.3 is 0 Å². The lowest BCUT2D eigenvalue weighted by molar-refractivity contribution is 0.650. The van der Waals surface area contributed by atoms with E-state index < -0.39 is 11.0 Å². The molecule has 0 fully saturated rings. The van der Waals surface area contributed by atoms with Gasteiger partial charge in [-0.1, -0.05) is 24.3 Å². The summed E-state index contributed by atoms with van der Waals surface area (Å²) in [6, 6.07) is 9.98. The van der Waals surface area contributed by atoms with E-state index in [0.29, 0.717) is 5.71 Å². The molecule has 19 heavy (non-hydrogen) atoms. The summed E-state index contributed by atoms with van der Waals surface area (Å²) in [6.45, 7) is 7.60. The summed E-state index contributed by atoms with van der Waals surface area (Å²) in [4.78, 5) is 4.38. The molecule has 2 aromatic rings. The molecule has 0 aliphatic carbocycles. The lowest BCUT2D eigenvalue weighted by atomic mass is 10.1. The van der Waals surface area contributed by atoms with Gasteiger partial charge in [0.25, 0.3) is 0 Å². The highest BCUT2D eigenvalue weighted by Crippen LogP contribution is 2.19. The lowest BCUT2D eigenvalue weighted by Gasteiger charge is -2.14. The van der Waals surface area contributed by atoms with E-state index in [4.69, 9.17) is 0 Å². The van der Waals surface area contributed by atoms with Gasteiger partial charge in [-0.2, -0.15) is 4.40 Å². The van der Waals surface area contributed by atoms with Crippen molar-refractivity contribution in [3.05, 3.63) is 42.2 Å². The highest BCUT2D eigenvalue weighted by Gasteiger charge is 2.19. The molecule has 1 heterocycles. The Hall–Kier alpha value is -1.55. The summed E-state index contributed by atoms with van der Waals surface area (Å²) in [7, 11) is -1.26. The number of rotatable bonds is 2. The monoisotopic (exact) mass is 274 g/mol. The van der Waals surface area contributed by atoms with Crippen molar-refractivity contribution in [1.29, 1.82) is 0 Å². The normalized spacial score (nSPS) is 14.6. The van der Waals surface area contributed by atoms with E-state index in [1.165, 1.54) is 0 Å². The third-order valence-corrected chi connectivity index (χ3v) is 4.25. The third-order valence-electron chi connectivity index (χ3n) is 2.76. The Morgan fingerprint density at radius 3 is 2.58 bits per heavy atom. The zero-order chi connectivity index (χ0) is 14.0. The van der Waals surface area contributed by atoms with Crippen molar-refractivity contribution < 1.29 is 4.21 Å². The standard InChI is InChI=1S/C15H18N2OS/c1-11(17-19(18)15(2,3)4)14-13-8-6-5-7-12(13)9-10-16-14/h5-10H,1-4H3/b17-11+/t19-/m1/s1. The first-order chi connectivity index (χ1) is 8.89. The molecule has 0 radical (unpaired) electrons. The van der Waals surface area contributed by atoms with Gasteiger partial charge in [0.15, 0.2) is 0 Å². The van der Waals surface area contributed by atoms with Crippen LogP contribution >= 0.6 is 0 Å². The molecule has 0 aliphatic heterocycles. The molecule has 1 aromatic carbocycles. The molecule has 0 aliphatic rings. The van der Waals surface area contributed by atoms with E-state index in [0.717, 1.165) is 16.5 Å². The summed E-state index contributed by atoms with van der Waals surface area (Å²) in [5.74, 6) is 0. The summed E-state index contributed by atoms with van der Waals surface area (Å²) in [5, 5.41) is 2.15. The van der Waals surface area contributed by atoms with Crippen molar-refractivity contribution in [3.8, 4) is 0 Å². The van der Waals surface area contributed by atoms with Gasteiger partial charge in [0, 0.05) is 11.6 Å². The van der Waals surface area contributed by atoms with E-state index in [-0.39, 0.29) is 4.75 Å². The number of pyridine rings is 1. The van der Waals surface area contributed by atoms with Gasteiger partial charge in [0.1, 0.15) is 11.0 Å². The van der Waals surface area contributed by atoms with Crippen molar-refractivity contribution in [2.75, 3.05) is 0 Å². The zero-order valence-electron chi connectivity index (χ0n) is 11.7. The van der Waals surface area contributed by atoms with Gasteiger partial charge in [-0.25, -0.2) is 4.21 Å². The zero-order valence-corrected chi connectivity index (χ0v) is 12.5. The van der Waals surface area contributed by atoms with Gasteiger partial charge in [-0.3, -0.25) is 4.98 Å². The van der Waals surface area contributed by atoms with Crippen molar-refractivity contribution in [3.63, 3.8) is 0 Å². The SMILES string of the molecule is C/C(=N\[S@](=O)C(C)(C)C)c1nccc2ccccc12. The fourth-order valence-electron chi connectivity index (χ4n) is 1.71. The number of nitrogens with zero attached hydrogens (tertiary/aromatic N) is 2. The van der Waals surface area contributed by atoms with Crippen LogP contribution in [0.3, 0.4) is 0 Å². The fraction of sp³-hybridized carbons (Fsp3) is 0.333. The maximum absolute atomic E-state index is 12.1. The first kappa shape index (κ1) is 13.9. The van der Waals surface area contributed by atoms with Crippen molar-refractivity contribution in [2.45, 2.75) is 32.4 Å². The fourth-order valence-corrected chi connectivity index (χ4v) is 2.32. The Kier molecular flexibility index (Phi) is 3.80. The minimum absolute atomic E-state index is 0.355. The highest BCUT2D eigenvalue weighted by atomic mass is 32.2. The molecule has 0 saturated heterocycles. The molecular formula is C15H18N2OS. The van der Waals surface area contributed by atoms with Gasteiger partial charge >= 0.3 is 0 Å². The summed E-state index contributed by atoms with van der Waals surface area (Å²) in [6.07, 6.45) is 1.76. The molecule has 1 atom stereocenters. The molecule has 0 saturated carbocycles. The van der Waals surface area contributed by atoms with E-state index in [2.05, 4.69) is 9.38 Å². The van der Waals surface area contributed by atoms with Crippen LogP contribution in [0.5, 0.6) is 0 Å². The number of fused-ring (bicyclic) bond motifs is 1. The second-order valence-corrected chi connectivity index (χ2v) is 7.32. The molecule has 4 heteroatoms. The van der Waals surface area contributed by atoms with Crippen LogP contribution in [0.4, 0.5) is 0 Å². The molecule has 0 spiro atoms. The Morgan fingerprint density at radius 2 is 1.89 bits per heavy atom. The maximum Gasteiger partial charge on any atom is 0.145 e. The second-order valence-electron chi connectivity index (χ2n) is 5.42. The molecule has 2 rings (SSSR count). The van der Waals surface area contributed by atoms with Crippen molar-refractivity contribution in [2.24, 2.45) is 4.40 Å². The third kappa shape index (κ3) is 3.07. The first-order valence-electron chi connectivity index (χ1n) is 6.21. The van der Waals surface area contributed by atoms with Crippen LogP contribution in [0, 0.1) is 0 Å². The molecule has 0 bridgehead atoms. The first-order valence-corrected chi connectivity index (χ1v) is 7.31. The molecule has 1 aromatic heterocycles. The Balaban J connectivity index is 2.51. The Labute approximate surface area is 116 Å². The van der Waals surface area contributed by atoms with E-state index in [1.807, 2.05) is 58.0 Å². The van der Waals surface area contributed by atoms with Crippen LogP contribution in [0.15, 0.2) is 40.9 Å². The minimum atomic E-state index is -1.26. The minimum Gasteiger partial charge on any atom is -0.254 e. The highest BCUT2D eigenvalue weighted by molar-refractivity contribution is 7.85. The number of aromatic nitrogens is 1. The Bertz CT molecular complexity index is 651. The summed E-state index contributed by atoms with van der Waals surface area (Å²) >= 11 is 0. The number of hydrogen-bond acceptors (Lipinski definition) is 2. The maximum atomic E-state index is 12.1. The van der Waals surface area contributed by atoms with Crippen LogP contribution in [-0.2, 0) is 11.0 Å². The predicted octanol–water partition coefficient (Wildman–Crippen LogP) is 3.51. The van der Waals surface area contributed by atoms with E-state index >= 15 is 0 Å². The predicted molar refractivity (Wildman–Crippen MR) is 81.8 cm³/mol. The van der Waals surface area contributed by atoms with Crippen LogP contribution in [-0.4, -0.2) is 19.7 Å². The smallest absolute Gasteiger partial charge is 0.145 e. The van der Waals surface area contributed by atoms with Gasteiger partial charge in [0.2, 0.25) is 0 Å². The molecule has 0 unspecified atom stereocenters. The van der Waals surface area contributed by atoms with E-state index in [1.54, 1.807) is 6.20 Å². The van der Waals surface area contributed by atoms with Gasteiger partial charge in [0.05, 0.1) is 16.2 Å². The van der Waals surface area contributed by atoms with Crippen molar-refractivity contribution >= 4 is 27.5 Å². The van der Waals surface area contributed by atoms with Crippen molar-refractivity contribution in [1.82, 2.24) is 4.98 Å².